The first kappa shape index (κ1) is 33.7. The number of nitrogens with zero attached hydrogens (tertiary/aromatic N) is 3. The lowest BCUT2D eigenvalue weighted by molar-refractivity contribution is 0.669. The summed E-state index contributed by atoms with van der Waals surface area (Å²) in [6.45, 7) is 0. The number of para-hydroxylation sites is 5. The minimum Gasteiger partial charge on any atom is -0.456 e. The van der Waals surface area contributed by atoms with Gasteiger partial charge in [0.25, 0.3) is 0 Å². The van der Waals surface area contributed by atoms with Gasteiger partial charge in [-0.2, -0.15) is 0 Å². The van der Waals surface area contributed by atoms with E-state index in [9.17, 15) is 0 Å². The van der Waals surface area contributed by atoms with Crippen LogP contribution in [0.4, 0.5) is 0 Å². The van der Waals surface area contributed by atoms with E-state index in [-0.39, 0.29) is 0 Å². The van der Waals surface area contributed by atoms with Crippen LogP contribution in [0.1, 0.15) is 0 Å². The molecule has 0 fully saturated rings. The highest BCUT2D eigenvalue weighted by Gasteiger charge is 2.19. The Balaban J connectivity index is 0.975. The number of fused-ring (bicyclic) bond motifs is 10. The van der Waals surface area contributed by atoms with Gasteiger partial charge in [0, 0.05) is 54.6 Å². The van der Waals surface area contributed by atoms with Crippen molar-refractivity contribution in [3.05, 3.63) is 212 Å². The lowest BCUT2D eigenvalue weighted by Gasteiger charge is -2.14. The van der Waals surface area contributed by atoms with E-state index in [1.54, 1.807) is 0 Å². The van der Waals surface area contributed by atoms with Crippen LogP contribution in [0.2, 0.25) is 0 Å². The standard InChI is InChI=1S/C57H35N3O/c1-2-15-39(16-3-1)59-53-26-11-7-21-44(53)47-33-36(28-30-54(47)59)37-29-31-55-48(34-37)57-45(22-13-27-56(57)61-55)50-35-46(41-18-4-8-23-49(41)58-50)38-14-12-17-40(32-38)60-51-24-9-5-19-42(51)43-20-6-10-25-52(43)60/h1-35H. The van der Waals surface area contributed by atoms with E-state index in [1.807, 2.05) is 0 Å². The number of hydrogen-bond acceptors (Lipinski definition) is 2. The van der Waals surface area contributed by atoms with Gasteiger partial charge in [-0.1, -0.05) is 127 Å². The summed E-state index contributed by atoms with van der Waals surface area (Å²) in [5, 5.41) is 8.21. The van der Waals surface area contributed by atoms with Crippen molar-refractivity contribution in [3.63, 3.8) is 0 Å². The van der Waals surface area contributed by atoms with E-state index in [1.165, 1.54) is 43.6 Å². The second kappa shape index (κ2) is 13.2. The Morgan fingerprint density at radius 3 is 1.66 bits per heavy atom. The fraction of sp³-hybridized carbons (Fsp3) is 0. The summed E-state index contributed by atoms with van der Waals surface area (Å²) < 4.78 is 11.3. The van der Waals surface area contributed by atoms with E-state index in [0.717, 1.165) is 77.7 Å². The Morgan fingerprint density at radius 1 is 0.328 bits per heavy atom. The quantitative estimate of drug-likeness (QED) is 0.174. The molecule has 4 nitrogen and oxygen atoms in total. The van der Waals surface area contributed by atoms with Gasteiger partial charge in [-0.3, -0.25) is 0 Å². The monoisotopic (exact) mass is 777 g/mol. The lowest BCUT2D eigenvalue weighted by atomic mass is 9.95. The van der Waals surface area contributed by atoms with Gasteiger partial charge in [-0.15, -0.1) is 0 Å². The van der Waals surface area contributed by atoms with Crippen molar-refractivity contribution >= 4 is 76.5 Å². The molecule has 0 spiro atoms. The van der Waals surface area contributed by atoms with E-state index in [0.29, 0.717) is 0 Å². The minimum atomic E-state index is 0.843. The molecule has 0 unspecified atom stereocenters. The Labute approximate surface area is 350 Å². The maximum Gasteiger partial charge on any atom is 0.136 e. The van der Waals surface area contributed by atoms with E-state index in [2.05, 4.69) is 221 Å². The predicted octanol–water partition coefficient (Wildman–Crippen LogP) is 15.3. The molecule has 0 aliphatic carbocycles. The summed E-state index contributed by atoms with van der Waals surface area (Å²) in [4.78, 5) is 5.34. The molecule has 0 aliphatic heterocycles. The van der Waals surface area contributed by atoms with Crippen LogP contribution in [-0.2, 0) is 0 Å². The maximum atomic E-state index is 6.58. The van der Waals surface area contributed by atoms with Crippen molar-refractivity contribution < 1.29 is 4.42 Å². The highest BCUT2D eigenvalue weighted by Crippen LogP contribution is 2.42. The van der Waals surface area contributed by atoms with Crippen molar-refractivity contribution in [1.29, 1.82) is 0 Å². The molecule has 0 saturated carbocycles. The molecule has 13 rings (SSSR count). The average molecular weight is 778 g/mol. The molecule has 61 heavy (non-hydrogen) atoms. The van der Waals surface area contributed by atoms with Gasteiger partial charge in [0.1, 0.15) is 11.2 Å². The number of hydrogen-bond donors (Lipinski definition) is 0. The summed E-state index contributed by atoms with van der Waals surface area (Å²) in [5.74, 6) is 0. The lowest BCUT2D eigenvalue weighted by Crippen LogP contribution is -1.95. The number of furan rings is 1. The van der Waals surface area contributed by atoms with Crippen LogP contribution in [0.3, 0.4) is 0 Å². The molecule has 0 amide bonds. The van der Waals surface area contributed by atoms with Crippen molar-refractivity contribution in [2.45, 2.75) is 0 Å². The number of benzene rings is 9. The molecule has 4 heterocycles. The van der Waals surface area contributed by atoms with E-state index < -0.39 is 0 Å². The Hall–Kier alpha value is -8.21. The highest BCUT2D eigenvalue weighted by molar-refractivity contribution is 6.15. The van der Waals surface area contributed by atoms with Gasteiger partial charge in [-0.25, -0.2) is 4.98 Å². The van der Waals surface area contributed by atoms with Crippen molar-refractivity contribution in [2.24, 2.45) is 0 Å². The Bertz CT molecular complexity index is 3830. The third-order valence-corrected chi connectivity index (χ3v) is 12.5. The first-order valence-electron chi connectivity index (χ1n) is 20.8. The zero-order valence-corrected chi connectivity index (χ0v) is 33.0. The largest absolute Gasteiger partial charge is 0.456 e. The zero-order chi connectivity index (χ0) is 40.0. The first-order chi connectivity index (χ1) is 30.2. The molecule has 13 aromatic rings. The fourth-order valence-electron chi connectivity index (χ4n) is 9.79. The number of pyridine rings is 1. The molecule has 9 aromatic carbocycles. The van der Waals surface area contributed by atoms with Gasteiger partial charge in [0.05, 0.1) is 33.3 Å². The zero-order valence-electron chi connectivity index (χ0n) is 33.0. The van der Waals surface area contributed by atoms with Crippen molar-refractivity contribution in [2.75, 3.05) is 0 Å². The molecule has 0 atom stereocenters. The fourth-order valence-corrected chi connectivity index (χ4v) is 9.79. The van der Waals surface area contributed by atoms with Gasteiger partial charge < -0.3 is 13.6 Å². The van der Waals surface area contributed by atoms with E-state index in [4.69, 9.17) is 9.40 Å². The van der Waals surface area contributed by atoms with Crippen LogP contribution in [0, 0.1) is 0 Å². The normalized spacial score (nSPS) is 11.9. The molecular formula is C57H35N3O. The third-order valence-electron chi connectivity index (χ3n) is 12.5. The van der Waals surface area contributed by atoms with Crippen LogP contribution in [0.5, 0.6) is 0 Å². The highest BCUT2D eigenvalue weighted by atomic mass is 16.3. The van der Waals surface area contributed by atoms with Crippen molar-refractivity contribution in [1.82, 2.24) is 14.1 Å². The molecule has 4 aromatic heterocycles. The molecule has 0 bridgehead atoms. The Kier molecular flexibility index (Phi) is 7.27. The van der Waals surface area contributed by atoms with Crippen LogP contribution in [-0.4, -0.2) is 14.1 Å². The van der Waals surface area contributed by atoms with Crippen LogP contribution >= 0.6 is 0 Å². The van der Waals surface area contributed by atoms with Gasteiger partial charge in [0.15, 0.2) is 0 Å². The first-order valence-corrected chi connectivity index (χ1v) is 20.8. The smallest absolute Gasteiger partial charge is 0.136 e. The molecule has 4 heteroatoms. The predicted molar refractivity (Wildman–Crippen MR) is 254 cm³/mol. The maximum absolute atomic E-state index is 6.58. The Morgan fingerprint density at radius 2 is 0.902 bits per heavy atom. The SMILES string of the molecule is c1ccc(-n2c3ccccc3c3cc(-c4ccc5oc6cccc(-c7cc(-c8cccc(-n9c%10ccccc%10c%10ccccc%109)c8)c8ccccc8n7)c6c5c4)ccc32)cc1. The third kappa shape index (κ3) is 5.16. The van der Waals surface area contributed by atoms with Gasteiger partial charge in [0.2, 0.25) is 0 Å². The van der Waals surface area contributed by atoms with Gasteiger partial charge >= 0.3 is 0 Å². The minimum absolute atomic E-state index is 0.843. The molecule has 0 aliphatic rings. The molecule has 0 saturated heterocycles. The summed E-state index contributed by atoms with van der Waals surface area (Å²) in [6, 6.07) is 76.1. The van der Waals surface area contributed by atoms with Gasteiger partial charge in [-0.05, 0) is 107 Å². The molecular weight excluding hydrogens is 743 g/mol. The topological polar surface area (TPSA) is 35.9 Å². The summed E-state index contributed by atoms with van der Waals surface area (Å²) in [7, 11) is 0. The summed E-state index contributed by atoms with van der Waals surface area (Å²) in [6.07, 6.45) is 0. The second-order valence-corrected chi connectivity index (χ2v) is 15.9. The number of rotatable bonds is 5. The molecule has 0 N–H and O–H groups in total. The average Bonchev–Trinajstić information content (AvgIpc) is 3.99. The van der Waals surface area contributed by atoms with Crippen LogP contribution in [0.15, 0.2) is 217 Å². The van der Waals surface area contributed by atoms with Crippen LogP contribution in [0.25, 0.3) is 121 Å². The molecule has 0 radical (unpaired) electrons. The summed E-state index contributed by atoms with van der Waals surface area (Å²) >= 11 is 0. The van der Waals surface area contributed by atoms with Crippen molar-refractivity contribution in [3.8, 4) is 44.9 Å². The second-order valence-electron chi connectivity index (χ2n) is 15.9. The van der Waals surface area contributed by atoms with Crippen LogP contribution < -0.4 is 0 Å². The van der Waals surface area contributed by atoms with E-state index >= 15 is 0 Å². The molecule has 284 valence electrons. The summed E-state index contributed by atoms with van der Waals surface area (Å²) in [5.41, 5.74) is 16.2. The number of aromatic nitrogens is 3.